The number of rotatable bonds is 7. The SMILES string of the molecule is CCOC(=O)N[C@H](C(=O)C[C@H](C(=O)O)C(C)(C)C)C1CCCCC1. The second-order valence-corrected chi connectivity index (χ2v) is 7.67. The molecule has 0 aromatic rings. The predicted molar refractivity (Wildman–Crippen MR) is 90.7 cm³/mol. The minimum Gasteiger partial charge on any atom is -0.481 e. The van der Waals surface area contributed by atoms with E-state index in [0.717, 1.165) is 32.1 Å². The second-order valence-electron chi connectivity index (χ2n) is 7.67. The van der Waals surface area contributed by atoms with Gasteiger partial charge in [0.1, 0.15) is 0 Å². The molecule has 0 bridgehead atoms. The Kier molecular flexibility index (Phi) is 7.70. The first-order valence-corrected chi connectivity index (χ1v) is 8.85. The number of hydrogen-bond donors (Lipinski definition) is 2. The lowest BCUT2D eigenvalue weighted by molar-refractivity contribution is -0.148. The van der Waals surface area contributed by atoms with Crippen LogP contribution in [0.25, 0.3) is 0 Å². The summed E-state index contributed by atoms with van der Waals surface area (Å²) in [4.78, 5) is 36.2. The minimum absolute atomic E-state index is 0.0602. The monoisotopic (exact) mass is 341 g/mol. The number of alkyl carbamates (subject to hydrolysis) is 1. The summed E-state index contributed by atoms with van der Waals surface area (Å²) in [5.41, 5.74) is -0.525. The van der Waals surface area contributed by atoms with Gasteiger partial charge >= 0.3 is 12.1 Å². The van der Waals surface area contributed by atoms with Crippen LogP contribution in [0.2, 0.25) is 0 Å². The summed E-state index contributed by atoms with van der Waals surface area (Å²) in [7, 11) is 0. The van der Waals surface area contributed by atoms with Crippen LogP contribution in [-0.4, -0.2) is 35.6 Å². The number of Topliss-reactive ketones (excluding diaryl/α,β-unsaturated/α-hetero) is 1. The van der Waals surface area contributed by atoms with Crippen molar-refractivity contribution in [2.75, 3.05) is 6.61 Å². The van der Waals surface area contributed by atoms with Crippen molar-refractivity contribution in [1.29, 1.82) is 0 Å². The molecule has 0 aromatic carbocycles. The quantitative estimate of drug-likeness (QED) is 0.740. The zero-order valence-electron chi connectivity index (χ0n) is 15.3. The summed E-state index contributed by atoms with van der Waals surface area (Å²) in [6.07, 6.45) is 4.25. The van der Waals surface area contributed by atoms with E-state index < -0.39 is 29.4 Å². The summed E-state index contributed by atoms with van der Waals surface area (Å²) >= 11 is 0. The lowest BCUT2D eigenvalue weighted by Crippen LogP contribution is -2.48. The van der Waals surface area contributed by atoms with Crippen LogP contribution in [-0.2, 0) is 14.3 Å². The van der Waals surface area contributed by atoms with Crippen molar-refractivity contribution in [3.8, 4) is 0 Å². The fourth-order valence-corrected chi connectivity index (χ4v) is 3.32. The van der Waals surface area contributed by atoms with Crippen molar-refractivity contribution in [2.45, 2.75) is 72.3 Å². The zero-order valence-corrected chi connectivity index (χ0v) is 15.3. The molecule has 24 heavy (non-hydrogen) atoms. The highest BCUT2D eigenvalue weighted by molar-refractivity contribution is 5.90. The lowest BCUT2D eigenvalue weighted by Gasteiger charge is -2.32. The molecular weight excluding hydrogens is 310 g/mol. The van der Waals surface area contributed by atoms with Crippen LogP contribution in [0.15, 0.2) is 0 Å². The molecule has 0 aliphatic heterocycles. The highest BCUT2D eigenvalue weighted by Crippen LogP contribution is 2.32. The van der Waals surface area contributed by atoms with Gasteiger partial charge in [0.25, 0.3) is 0 Å². The molecule has 6 heteroatoms. The molecule has 1 fully saturated rings. The average Bonchev–Trinajstić information content (AvgIpc) is 2.49. The van der Waals surface area contributed by atoms with Gasteiger partial charge in [-0.3, -0.25) is 9.59 Å². The van der Waals surface area contributed by atoms with Crippen molar-refractivity contribution in [3.05, 3.63) is 0 Å². The summed E-state index contributed by atoms with van der Waals surface area (Å²) in [5, 5.41) is 12.1. The molecule has 1 amide bonds. The van der Waals surface area contributed by atoms with Crippen molar-refractivity contribution < 1.29 is 24.2 Å². The van der Waals surface area contributed by atoms with Crippen LogP contribution in [0.1, 0.15) is 66.2 Å². The molecule has 6 nitrogen and oxygen atoms in total. The third kappa shape index (κ3) is 6.13. The molecule has 0 radical (unpaired) electrons. The first-order valence-electron chi connectivity index (χ1n) is 8.85. The Bertz CT molecular complexity index is 449. The number of carbonyl (C=O) groups is 3. The van der Waals surface area contributed by atoms with Gasteiger partial charge in [0.15, 0.2) is 5.78 Å². The van der Waals surface area contributed by atoms with Crippen molar-refractivity contribution >= 4 is 17.8 Å². The molecule has 0 spiro atoms. The summed E-state index contributed by atoms with van der Waals surface area (Å²) < 4.78 is 4.91. The average molecular weight is 341 g/mol. The predicted octanol–water partition coefficient (Wildman–Crippen LogP) is 3.39. The van der Waals surface area contributed by atoms with Gasteiger partial charge in [-0.25, -0.2) is 4.79 Å². The van der Waals surface area contributed by atoms with Crippen molar-refractivity contribution in [3.63, 3.8) is 0 Å². The summed E-state index contributed by atoms with van der Waals surface area (Å²) in [5.74, 6) is -1.91. The van der Waals surface area contributed by atoms with E-state index in [1.807, 2.05) is 20.8 Å². The maximum absolute atomic E-state index is 12.8. The first kappa shape index (κ1) is 20.5. The fraction of sp³-hybridized carbons (Fsp3) is 0.833. The molecule has 0 saturated heterocycles. The maximum Gasteiger partial charge on any atom is 0.407 e. The van der Waals surface area contributed by atoms with Crippen LogP contribution in [0.4, 0.5) is 4.79 Å². The highest BCUT2D eigenvalue weighted by atomic mass is 16.5. The van der Waals surface area contributed by atoms with Gasteiger partial charge in [0, 0.05) is 6.42 Å². The molecule has 2 N–H and O–H groups in total. The Morgan fingerprint density at radius 1 is 1.17 bits per heavy atom. The van der Waals surface area contributed by atoms with E-state index in [1.165, 1.54) is 0 Å². The van der Waals surface area contributed by atoms with Crippen LogP contribution < -0.4 is 5.32 Å². The smallest absolute Gasteiger partial charge is 0.407 e. The number of nitrogens with one attached hydrogen (secondary N) is 1. The third-order valence-electron chi connectivity index (χ3n) is 4.77. The molecule has 0 heterocycles. The Hall–Kier alpha value is -1.59. The largest absolute Gasteiger partial charge is 0.481 e. The van der Waals surface area contributed by atoms with E-state index in [1.54, 1.807) is 6.92 Å². The highest BCUT2D eigenvalue weighted by Gasteiger charge is 2.38. The molecule has 0 unspecified atom stereocenters. The number of amides is 1. The second kappa shape index (κ2) is 9.04. The van der Waals surface area contributed by atoms with Gasteiger partial charge in [-0.15, -0.1) is 0 Å². The molecule has 138 valence electrons. The van der Waals surface area contributed by atoms with E-state index >= 15 is 0 Å². The standard InChI is InChI=1S/C18H31NO5/c1-5-24-17(23)19-15(12-9-7-6-8-10-12)14(20)11-13(16(21)22)18(2,3)4/h12-13,15H,5-11H2,1-4H3,(H,19,23)(H,21,22)/t13-,15+/m1/s1. The van der Waals surface area contributed by atoms with Gasteiger partial charge in [-0.05, 0) is 31.1 Å². The molecule has 1 aliphatic rings. The number of ether oxygens (including phenoxy) is 1. The lowest BCUT2D eigenvalue weighted by atomic mass is 9.75. The molecule has 1 rings (SSSR count). The van der Waals surface area contributed by atoms with Crippen LogP contribution >= 0.6 is 0 Å². The van der Waals surface area contributed by atoms with Crippen LogP contribution in [0.3, 0.4) is 0 Å². The van der Waals surface area contributed by atoms with Crippen LogP contribution in [0, 0.1) is 17.3 Å². The molecule has 2 atom stereocenters. The maximum atomic E-state index is 12.8. The van der Waals surface area contributed by atoms with Gasteiger partial charge in [0.2, 0.25) is 0 Å². The Balaban J connectivity index is 2.88. The number of carboxylic acid groups (broad SMARTS) is 1. The Morgan fingerprint density at radius 3 is 2.21 bits per heavy atom. The zero-order chi connectivity index (χ0) is 18.3. The van der Waals surface area contributed by atoms with E-state index in [2.05, 4.69) is 5.32 Å². The summed E-state index contributed by atoms with van der Waals surface area (Å²) in [6, 6.07) is -0.659. The van der Waals surface area contributed by atoms with E-state index in [-0.39, 0.29) is 24.7 Å². The van der Waals surface area contributed by atoms with Crippen molar-refractivity contribution in [2.24, 2.45) is 17.3 Å². The van der Waals surface area contributed by atoms with Crippen molar-refractivity contribution in [1.82, 2.24) is 5.32 Å². The van der Waals surface area contributed by atoms with Crippen LogP contribution in [0.5, 0.6) is 0 Å². The number of aliphatic carboxylic acids is 1. The minimum atomic E-state index is -0.977. The Labute approximate surface area is 144 Å². The van der Waals surface area contributed by atoms with Gasteiger partial charge in [-0.1, -0.05) is 40.0 Å². The van der Waals surface area contributed by atoms with E-state index in [4.69, 9.17) is 4.74 Å². The number of carboxylic acids is 1. The number of hydrogen-bond acceptors (Lipinski definition) is 4. The van der Waals surface area contributed by atoms with E-state index in [0.29, 0.717) is 0 Å². The fourth-order valence-electron chi connectivity index (χ4n) is 3.32. The molecule has 1 aliphatic carbocycles. The van der Waals surface area contributed by atoms with Gasteiger partial charge in [0.05, 0.1) is 18.6 Å². The number of ketones is 1. The van der Waals surface area contributed by atoms with E-state index in [9.17, 15) is 19.5 Å². The Morgan fingerprint density at radius 2 is 1.75 bits per heavy atom. The number of carbonyl (C=O) groups excluding carboxylic acids is 2. The summed E-state index contributed by atoms with van der Waals surface area (Å²) in [6.45, 7) is 7.38. The molecule has 0 aromatic heterocycles. The normalized spacial score (nSPS) is 18.5. The third-order valence-corrected chi connectivity index (χ3v) is 4.77. The topological polar surface area (TPSA) is 92.7 Å². The van der Waals surface area contributed by atoms with Gasteiger partial charge < -0.3 is 15.2 Å². The molecule has 1 saturated carbocycles. The molecular formula is C18H31NO5. The van der Waals surface area contributed by atoms with Gasteiger partial charge in [-0.2, -0.15) is 0 Å². The first-order chi connectivity index (χ1) is 11.2.